The molecule has 0 bridgehead atoms. The standard InChI is InChI=1S/C17H10FN3O2/c18-11-5-3-4-10(8-11)9-21-15-14(19-20-21)16(22)12-6-1-2-7-13(12)17(15)23/h1-8H,9H2. The second kappa shape index (κ2) is 4.95. The second-order valence-corrected chi connectivity index (χ2v) is 5.28. The Kier molecular flexibility index (Phi) is 2.90. The van der Waals surface area contributed by atoms with Crippen LogP contribution in [0.15, 0.2) is 48.5 Å². The van der Waals surface area contributed by atoms with Crippen LogP contribution in [0.5, 0.6) is 0 Å². The van der Waals surface area contributed by atoms with Gasteiger partial charge in [-0.1, -0.05) is 41.6 Å². The molecule has 5 nitrogen and oxygen atoms in total. The van der Waals surface area contributed by atoms with Crippen LogP contribution in [0.3, 0.4) is 0 Å². The van der Waals surface area contributed by atoms with Gasteiger partial charge in [-0.15, -0.1) is 5.10 Å². The van der Waals surface area contributed by atoms with Crippen molar-refractivity contribution in [3.8, 4) is 0 Å². The van der Waals surface area contributed by atoms with Gasteiger partial charge in [-0.25, -0.2) is 9.07 Å². The molecule has 0 saturated carbocycles. The first-order valence-electron chi connectivity index (χ1n) is 7.01. The zero-order chi connectivity index (χ0) is 16.0. The van der Waals surface area contributed by atoms with E-state index in [1.54, 1.807) is 36.4 Å². The Labute approximate surface area is 130 Å². The largest absolute Gasteiger partial charge is 0.287 e. The average Bonchev–Trinajstić information content (AvgIpc) is 2.97. The van der Waals surface area contributed by atoms with Gasteiger partial charge in [-0.2, -0.15) is 0 Å². The molecule has 0 radical (unpaired) electrons. The number of ketones is 2. The first kappa shape index (κ1) is 13.5. The lowest BCUT2D eigenvalue weighted by molar-refractivity contribution is 0.0971. The van der Waals surface area contributed by atoms with Crippen molar-refractivity contribution in [2.45, 2.75) is 6.54 Å². The Hall–Kier alpha value is -3.15. The molecule has 0 fully saturated rings. The summed E-state index contributed by atoms with van der Waals surface area (Å²) in [5.74, 6) is -0.985. The molecule has 0 unspecified atom stereocenters. The van der Waals surface area contributed by atoms with Crippen LogP contribution in [0.1, 0.15) is 37.7 Å². The first-order valence-corrected chi connectivity index (χ1v) is 7.01. The molecule has 0 N–H and O–H groups in total. The highest BCUT2D eigenvalue weighted by Gasteiger charge is 2.34. The zero-order valence-electron chi connectivity index (χ0n) is 11.9. The van der Waals surface area contributed by atoms with Crippen molar-refractivity contribution in [3.63, 3.8) is 0 Å². The molecule has 4 rings (SSSR count). The summed E-state index contributed by atoms with van der Waals surface area (Å²) in [4.78, 5) is 25.1. The summed E-state index contributed by atoms with van der Waals surface area (Å²) in [6, 6.07) is 12.6. The number of fused-ring (bicyclic) bond motifs is 2. The van der Waals surface area contributed by atoms with Gasteiger partial charge in [0.1, 0.15) is 11.5 Å². The Bertz CT molecular complexity index is 962. The van der Waals surface area contributed by atoms with Gasteiger partial charge in [0.25, 0.3) is 0 Å². The van der Waals surface area contributed by atoms with Gasteiger partial charge in [-0.05, 0) is 17.7 Å². The molecule has 0 spiro atoms. The summed E-state index contributed by atoms with van der Waals surface area (Å²) in [5.41, 5.74) is 1.51. The third-order valence-electron chi connectivity index (χ3n) is 3.80. The van der Waals surface area contributed by atoms with Gasteiger partial charge in [0.2, 0.25) is 11.6 Å². The average molecular weight is 307 g/mol. The Balaban J connectivity index is 1.81. The monoisotopic (exact) mass is 307 g/mol. The fraction of sp³-hybridized carbons (Fsp3) is 0.0588. The molecule has 0 aliphatic heterocycles. The van der Waals surface area contributed by atoms with Gasteiger partial charge >= 0.3 is 0 Å². The maximum absolute atomic E-state index is 13.3. The summed E-state index contributed by atoms with van der Waals surface area (Å²) < 4.78 is 14.7. The van der Waals surface area contributed by atoms with Crippen molar-refractivity contribution in [3.05, 3.63) is 82.4 Å². The third kappa shape index (κ3) is 2.07. The second-order valence-electron chi connectivity index (χ2n) is 5.28. The highest BCUT2D eigenvalue weighted by atomic mass is 19.1. The van der Waals surface area contributed by atoms with Crippen LogP contribution in [0.2, 0.25) is 0 Å². The van der Waals surface area contributed by atoms with Crippen molar-refractivity contribution in [2.24, 2.45) is 0 Å². The van der Waals surface area contributed by atoms with Crippen molar-refractivity contribution >= 4 is 11.6 Å². The van der Waals surface area contributed by atoms with Crippen molar-refractivity contribution in [1.82, 2.24) is 15.0 Å². The van der Waals surface area contributed by atoms with Gasteiger partial charge in [0.05, 0.1) is 6.54 Å². The molecule has 1 heterocycles. The number of benzene rings is 2. The third-order valence-corrected chi connectivity index (χ3v) is 3.80. The fourth-order valence-corrected chi connectivity index (χ4v) is 2.74. The molecular formula is C17H10FN3O2. The number of halogens is 1. The van der Waals surface area contributed by atoms with E-state index < -0.39 is 0 Å². The van der Waals surface area contributed by atoms with Crippen LogP contribution >= 0.6 is 0 Å². The predicted octanol–water partition coefficient (Wildman–Crippen LogP) is 2.24. The molecule has 0 saturated heterocycles. The maximum Gasteiger partial charge on any atom is 0.216 e. The number of aromatic nitrogens is 3. The molecule has 1 aliphatic rings. The van der Waals surface area contributed by atoms with Crippen LogP contribution in [-0.4, -0.2) is 26.6 Å². The summed E-state index contributed by atoms with van der Waals surface area (Å²) in [6.07, 6.45) is 0. The molecule has 1 aromatic heterocycles. The Morgan fingerprint density at radius 2 is 1.70 bits per heavy atom. The fourth-order valence-electron chi connectivity index (χ4n) is 2.74. The van der Waals surface area contributed by atoms with E-state index in [-0.39, 0.29) is 35.3 Å². The molecule has 1 aliphatic carbocycles. The summed E-state index contributed by atoms with van der Waals surface area (Å²) in [5, 5.41) is 7.76. The highest BCUT2D eigenvalue weighted by molar-refractivity contribution is 6.26. The number of hydrogen-bond donors (Lipinski definition) is 0. The van der Waals surface area contributed by atoms with Gasteiger partial charge in [-0.3, -0.25) is 9.59 Å². The van der Waals surface area contributed by atoms with Crippen LogP contribution in [-0.2, 0) is 6.54 Å². The van der Waals surface area contributed by atoms with Crippen molar-refractivity contribution in [2.75, 3.05) is 0 Å². The van der Waals surface area contributed by atoms with E-state index in [0.29, 0.717) is 16.7 Å². The first-order chi connectivity index (χ1) is 11.1. The summed E-state index contributed by atoms with van der Waals surface area (Å²) >= 11 is 0. The molecule has 3 aromatic rings. The van der Waals surface area contributed by atoms with E-state index in [0.717, 1.165) is 0 Å². The minimum absolute atomic E-state index is 0.0464. The molecule has 23 heavy (non-hydrogen) atoms. The van der Waals surface area contributed by atoms with Crippen molar-refractivity contribution < 1.29 is 14.0 Å². The van der Waals surface area contributed by atoms with E-state index in [9.17, 15) is 14.0 Å². The zero-order valence-corrected chi connectivity index (χ0v) is 11.9. The van der Waals surface area contributed by atoms with Gasteiger partial charge in [0.15, 0.2) is 5.69 Å². The number of nitrogens with zero attached hydrogens (tertiary/aromatic N) is 3. The SMILES string of the molecule is O=C1c2ccccc2C(=O)c2c1nnn2Cc1cccc(F)c1. The van der Waals surface area contributed by atoms with E-state index >= 15 is 0 Å². The molecule has 112 valence electrons. The highest BCUT2D eigenvalue weighted by Crippen LogP contribution is 2.26. The van der Waals surface area contributed by atoms with Gasteiger partial charge in [0, 0.05) is 11.1 Å². The van der Waals surface area contributed by atoms with Crippen molar-refractivity contribution in [1.29, 1.82) is 0 Å². The molecule has 0 amide bonds. The summed E-state index contributed by atoms with van der Waals surface area (Å²) in [6.45, 7) is 0.168. The van der Waals surface area contributed by atoms with E-state index in [1.807, 2.05) is 0 Å². The summed E-state index contributed by atoms with van der Waals surface area (Å²) in [7, 11) is 0. The smallest absolute Gasteiger partial charge is 0.216 e. The van der Waals surface area contributed by atoms with E-state index in [4.69, 9.17) is 0 Å². The van der Waals surface area contributed by atoms with E-state index in [2.05, 4.69) is 10.3 Å². The van der Waals surface area contributed by atoms with E-state index in [1.165, 1.54) is 16.8 Å². The topological polar surface area (TPSA) is 64.8 Å². The normalized spacial score (nSPS) is 12.9. The van der Waals surface area contributed by atoms with Crippen LogP contribution in [0, 0.1) is 5.82 Å². The Morgan fingerprint density at radius 1 is 0.957 bits per heavy atom. The molecular weight excluding hydrogens is 297 g/mol. The molecule has 6 heteroatoms. The predicted molar refractivity (Wildman–Crippen MR) is 78.8 cm³/mol. The lowest BCUT2D eigenvalue weighted by atomic mass is 9.90. The van der Waals surface area contributed by atoms with Crippen LogP contribution in [0.4, 0.5) is 4.39 Å². The molecule has 0 atom stereocenters. The number of hydrogen-bond acceptors (Lipinski definition) is 4. The van der Waals surface area contributed by atoms with Crippen LogP contribution in [0.25, 0.3) is 0 Å². The Morgan fingerprint density at radius 3 is 2.43 bits per heavy atom. The number of rotatable bonds is 2. The maximum atomic E-state index is 13.3. The lowest BCUT2D eigenvalue weighted by Gasteiger charge is -2.14. The lowest BCUT2D eigenvalue weighted by Crippen LogP contribution is -2.23. The van der Waals surface area contributed by atoms with Gasteiger partial charge < -0.3 is 0 Å². The van der Waals surface area contributed by atoms with Crippen LogP contribution < -0.4 is 0 Å². The minimum Gasteiger partial charge on any atom is -0.287 e. The molecule has 2 aromatic carbocycles. The quantitative estimate of drug-likeness (QED) is 0.570. The minimum atomic E-state index is -0.371. The number of carbonyl (C=O) groups is 2. The number of carbonyl (C=O) groups excluding carboxylic acids is 2.